The van der Waals surface area contributed by atoms with Crippen molar-refractivity contribution in [2.45, 2.75) is 133 Å². The van der Waals surface area contributed by atoms with Crippen molar-refractivity contribution in [1.29, 1.82) is 0 Å². The number of hydrogen-bond acceptors (Lipinski definition) is 0. The summed E-state index contributed by atoms with van der Waals surface area (Å²) in [6.07, 6.45) is 25.8. The van der Waals surface area contributed by atoms with Crippen LogP contribution in [0.25, 0.3) is 16.7 Å². The van der Waals surface area contributed by atoms with E-state index in [1.165, 1.54) is 68.1 Å². The zero-order chi connectivity index (χ0) is 35.8. The molecule has 0 aliphatic rings. The molecular weight excluding hydrogens is 553 g/mol. The van der Waals surface area contributed by atoms with Crippen molar-refractivity contribution in [3.63, 3.8) is 0 Å². The van der Waals surface area contributed by atoms with E-state index in [9.17, 15) is 0 Å². The highest BCUT2D eigenvalue weighted by Gasteiger charge is 2.10. The van der Waals surface area contributed by atoms with E-state index in [1.807, 2.05) is 32.1 Å². The largest absolute Gasteiger partial charge is 0.115 e. The number of terminal acetylenes is 1. The molecule has 254 valence electrons. The minimum Gasteiger partial charge on any atom is -0.115 e. The molecule has 2 rings (SSSR count). The van der Waals surface area contributed by atoms with E-state index in [-0.39, 0.29) is 0 Å². The summed E-state index contributed by atoms with van der Waals surface area (Å²) in [5, 5.41) is 0. The average Bonchev–Trinajstić information content (AvgIpc) is 3.09. The molecule has 0 aliphatic carbocycles. The third-order valence-corrected chi connectivity index (χ3v) is 7.10. The van der Waals surface area contributed by atoms with Crippen LogP contribution >= 0.6 is 0 Å². The van der Waals surface area contributed by atoms with Crippen LogP contribution in [0.4, 0.5) is 0 Å². The standard InChI is InChI=1S/C30H32.2C6H14.C2H6.C2H4/c1-8-11-25(9-2)14-12-23(6)20-29(22(4)5)30-21-28(17-13-24(30)7)27-18-15-26(10-3)16-19-27;2*1-3-5-6-4-2;2*1-2/h3,9,11,13,15-21H,2,4,6,8,12,14H2,1,5,7H3;2*3-6H2,1-2H3;1-2H3;1-2H2/b25-11+,29-20-;;;;. The van der Waals surface area contributed by atoms with E-state index in [4.69, 9.17) is 6.42 Å². The summed E-state index contributed by atoms with van der Waals surface area (Å²) in [5.41, 5.74) is 10.2. The maximum atomic E-state index is 5.49. The molecule has 0 saturated heterocycles. The van der Waals surface area contributed by atoms with Gasteiger partial charge < -0.3 is 0 Å². The van der Waals surface area contributed by atoms with E-state index < -0.39 is 0 Å². The van der Waals surface area contributed by atoms with E-state index in [2.05, 4.69) is 130 Å². The number of unbranched alkanes of at least 4 members (excludes halogenated alkanes) is 6. The molecular formula is C46H70. The van der Waals surface area contributed by atoms with Crippen LogP contribution in [0.3, 0.4) is 0 Å². The lowest BCUT2D eigenvalue weighted by molar-refractivity contribution is 0.702. The first-order valence-electron chi connectivity index (χ1n) is 17.8. The van der Waals surface area contributed by atoms with Crippen LogP contribution in [0.5, 0.6) is 0 Å². The van der Waals surface area contributed by atoms with Crippen LogP contribution in [0.1, 0.15) is 143 Å². The van der Waals surface area contributed by atoms with Crippen molar-refractivity contribution in [3.8, 4) is 23.5 Å². The molecule has 0 spiro atoms. The number of rotatable bonds is 15. The molecule has 0 aromatic heterocycles. The zero-order valence-electron chi connectivity index (χ0n) is 31.7. The van der Waals surface area contributed by atoms with Gasteiger partial charge in [-0.15, -0.1) is 19.6 Å². The number of hydrogen-bond donors (Lipinski definition) is 0. The molecule has 0 bridgehead atoms. The van der Waals surface area contributed by atoms with Crippen molar-refractivity contribution in [2.24, 2.45) is 0 Å². The second-order valence-corrected chi connectivity index (χ2v) is 11.1. The summed E-state index contributed by atoms with van der Waals surface area (Å²) in [6.45, 7) is 37.7. The summed E-state index contributed by atoms with van der Waals surface area (Å²) < 4.78 is 0. The smallest absolute Gasteiger partial charge is 0.0243 e. The van der Waals surface area contributed by atoms with Gasteiger partial charge >= 0.3 is 0 Å². The van der Waals surface area contributed by atoms with Gasteiger partial charge in [0.25, 0.3) is 0 Å². The molecule has 0 amide bonds. The van der Waals surface area contributed by atoms with Crippen molar-refractivity contribution < 1.29 is 0 Å². The van der Waals surface area contributed by atoms with Crippen LogP contribution in [-0.4, -0.2) is 0 Å². The molecule has 0 heteroatoms. The molecule has 0 heterocycles. The highest BCUT2D eigenvalue weighted by molar-refractivity contribution is 5.83. The van der Waals surface area contributed by atoms with Crippen LogP contribution in [-0.2, 0) is 0 Å². The van der Waals surface area contributed by atoms with E-state index in [0.717, 1.165) is 52.7 Å². The molecule has 0 N–H and O–H groups in total. The lowest BCUT2D eigenvalue weighted by atomic mass is 9.90. The summed E-state index contributed by atoms with van der Waals surface area (Å²) in [5.74, 6) is 2.67. The summed E-state index contributed by atoms with van der Waals surface area (Å²) in [7, 11) is 0. The first-order valence-corrected chi connectivity index (χ1v) is 17.8. The number of aryl methyl sites for hydroxylation is 1. The highest BCUT2D eigenvalue weighted by atomic mass is 14.1. The third-order valence-electron chi connectivity index (χ3n) is 7.10. The Kier molecular flexibility index (Phi) is 33.4. The van der Waals surface area contributed by atoms with Crippen LogP contribution in [0.15, 0.2) is 110 Å². The normalized spacial score (nSPS) is 10.2. The van der Waals surface area contributed by atoms with Gasteiger partial charge in [0.05, 0.1) is 0 Å². The lowest BCUT2D eigenvalue weighted by Crippen LogP contribution is -1.93. The summed E-state index contributed by atoms with van der Waals surface area (Å²) in [4.78, 5) is 0. The molecule has 0 aliphatic heterocycles. The van der Waals surface area contributed by atoms with Crippen LogP contribution in [0.2, 0.25) is 0 Å². The molecule has 2 aromatic rings. The Morgan fingerprint density at radius 1 is 0.761 bits per heavy atom. The van der Waals surface area contributed by atoms with Gasteiger partial charge in [0.1, 0.15) is 0 Å². The first-order chi connectivity index (χ1) is 22.2. The second-order valence-electron chi connectivity index (χ2n) is 11.1. The number of allylic oxidation sites excluding steroid dienone is 7. The lowest BCUT2D eigenvalue weighted by Gasteiger charge is -2.15. The van der Waals surface area contributed by atoms with E-state index >= 15 is 0 Å². The molecule has 0 fully saturated rings. The monoisotopic (exact) mass is 623 g/mol. The van der Waals surface area contributed by atoms with Gasteiger partial charge in [-0.1, -0.05) is 185 Å². The molecule has 2 aromatic carbocycles. The maximum absolute atomic E-state index is 5.49. The Morgan fingerprint density at radius 2 is 1.24 bits per heavy atom. The van der Waals surface area contributed by atoms with Crippen LogP contribution in [0, 0.1) is 19.3 Å². The fraction of sp³-hybridized carbons (Fsp3) is 0.435. The minimum atomic E-state index is 0.890. The van der Waals surface area contributed by atoms with E-state index in [1.54, 1.807) is 0 Å². The van der Waals surface area contributed by atoms with Gasteiger partial charge in [0, 0.05) is 5.56 Å². The highest BCUT2D eigenvalue weighted by Crippen LogP contribution is 2.31. The van der Waals surface area contributed by atoms with E-state index in [0.29, 0.717) is 0 Å². The van der Waals surface area contributed by atoms with Gasteiger partial charge in [0.15, 0.2) is 0 Å². The third kappa shape index (κ3) is 22.0. The predicted molar refractivity (Wildman–Crippen MR) is 217 cm³/mol. The fourth-order valence-corrected chi connectivity index (χ4v) is 4.41. The molecule has 0 radical (unpaired) electrons. The van der Waals surface area contributed by atoms with Gasteiger partial charge in [-0.05, 0) is 79.1 Å². The summed E-state index contributed by atoms with van der Waals surface area (Å²) in [6, 6.07) is 14.7. The Hall–Kier alpha value is -3.56. The summed E-state index contributed by atoms with van der Waals surface area (Å²) >= 11 is 0. The van der Waals surface area contributed by atoms with Crippen molar-refractivity contribution in [2.75, 3.05) is 0 Å². The second kappa shape index (κ2) is 32.8. The van der Waals surface area contributed by atoms with Crippen molar-refractivity contribution in [1.82, 2.24) is 0 Å². The van der Waals surface area contributed by atoms with Gasteiger partial charge in [-0.25, -0.2) is 0 Å². The van der Waals surface area contributed by atoms with Gasteiger partial charge in [0.2, 0.25) is 0 Å². The van der Waals surface area contributed by atoms with Gasteiger partial charge in [-0.2, -0.15) is 0 Å². The molecule has 0 unspecified atom stereocenters. The predicted octanol–water partition coefficient (Wildman–Crippen LogP) is 15.5. The minimum absolute atomic E-state index is 0.890. The zero-order valence-corrected chi connectivity index (χ0v) is 31.7. The Bertz CT molecular complexity index is 1160. The first kappa shape index (κ1) is 46.9. The molecule has 0 nitrogen and oxygen atoms in total. The van der Waals surface area contributed by atoms with Crippen LogP contribution < -0.4 is 0 Å². The Labute approximate surface area is 288 Å². The average molecular weight is 623 g/mol. The Morgan fingerprint density at radius 3 is 1.63 bits per heavy atom. The Balaban J connectivity index is -0.000000960. The fourth-order valence-electron chi connectivity index (χ4n) is 4.41. The molecule has 0 atom stereocenters. The maximum Gasteiger partial charge on any atom is 0.0243 e. The molecule has 46 heavy (non-hydrogen) atoms. The van der Waals surface area contributed by atoms with Crippen molar-refractivity contribution >= 4 is 5.57 Å². The number of benzene rings is 2. The SMILES string of the molecule is C#Cc1ccc(-c2ccc(C)c(/C(=C\C(=C)CC/C(C=C)=C/CC)C(=C)C)c2)cc1.C=C.CC.CCCCCC.CCCCCC. The quantitative estimate of drug-likeness (QED) is 0.0802. The van der Waals surface area contributed by atoms with Crippen molar-refractivity contribution in [3.05, 3.63) is 127 Å². The topological polar surface area (TPSA) is 0 Å². The molecule has 0 saturated carbocycles. The van der Waals surface area contributed by atoms with Gasteiger partial charge in [-0.3, -0.25) is 0 Å².